The summed E-state index contributed by atoms with van der Waals surface area (Å²) >= 11 is 0. The highest BCUT2D eigenvalue weighted by molar-refractivity contribution is 6.00. The minimum atomic E-state index is -0.173. The van der Waals surface area contributed by atoms with Gasteiger partial charge in [0.15, 0.2) is 0 Å². The molecule has 2 amide bonds. The van der Waals surface area contributed by atoms with E-state index in [4.69, 9.17) is 0 Å². The Kier molecular flexibility index (Phi) is 4.35. The molecular formula is C16H21NO2. The quantitative estimate of drug-likeness (QED) is 0.844. The summed E-state index contributed by atoms with van der Waals surface area (Å²) in [6.07, 6.45) is 3.32. The van der Waals surface area contributed by atoms with Gasteiger partial charge in [-0.2, -0.15) is 0 Å². The molecule has 19 heavy (non-hydrogen) atoms. The molecule has 1 fully saturated rings. The van der Waals surface area contributed by atoms with E-state index in [9.17, 15) is 9.59 Å². The average molecular weight is 259 g/mol. The minimum Gasteiger partial charge on any atom is -0.296 e. The van der Waals surface area contributed by atoms with E-state index in [1.165, 1.54) is 5.56 Å². The second kappa shape index (κ2) is 6.00. The van der Waals surface area contributed by atoms with Crippen LogP contribution >= 0.6 is 0 Å². The van der Waals surface area contributed by atoms with Gasteiger partial charge in [0, 0.05) is 6.42 Å². The zero-order valence-corrected chi connectivity index (χ0v) is 11.6. The second-order valence-electron chi connectivity index (χ2n) is 5.18. The largest absolute Gasteiger partial charge is 0.296 e. The van der Waals surface area contributed by atoms with Gasteiger partial charge in [0.05, 0.1) is 5.92 Å². The molecule has 3 heteroatoms. The maximum Gasteiger partial charge on any atom is 0.234 e. The second-order valence-corrected chi connectivity index (χ2v) is 5.18. The van der Waals surface area contributed by atoms with Gasteiger partial charge in [0.2, 0.25) is 11.8 Å². The van der Waals surface area contributed by atoms with E-state index < -0.39 is 0 Å². The molecule has 3 nitrogen and oxygen atoms in total. The van der Waals surface area contributed by atoms with Gasteiger partial charge in [0.25, 0.3) is 0 Å². The molecule has 0 saturated carbocycles. The van der Waals surface area contributed by atoms with Crippen molar-refractivity contribution in [2.75, 3.05) is 0 Å². The van der Waals surface area contributed by atoms with Crippen molar-refractivity contribution in [3.05, 3.63) is 35.4 Å². The molecule has 102 valence electrons. The molecule has 0 radical (unpaired) electrons. The molecule has 1 aliphatic heterocycles. The Morgan fingerprint density at radius 3 is 2.32 bits per heavy atom. The molecule has 1 N–H and O–H groups in total. The van der Waals surface area contributed by atoms with Crippen molar-refractivity contribution in [2.24, 2.45) is 0 Å². The number of piperidine rings is 1. The van der Waals surface area contributed by atoms with Crippen molar-refractivity contribution in [1.82, 2.24) is 5.32 Å². The maximum absolute atomic E-state index is 11.8. The highest BCUT2D eigenvalue weighted by Crippen LogP contribution is 2.28. The van der Waals surface area contributed by atoms with E-state index >= 15 is 0 Å². The third-order valence-electron chi connectivity index (χ3n) is 4.04. The van der Waals surface area contributed by atoms with Crippen LogP contribution in [0.3, 0.4) is 0 Å². The third kappa shape index (κ3) is 3.03. The lowest BCUT2D eigenvalue weighted by atomic mass is 9.87. The Morgan fingerprint density at radius 2 is 1.79 bits per heavy atom. The lowest BCUT2D eigenvalue weighted by Gasteiger charge is -2.22. The van der Waals surface area contributed by atoms with Gasteiger partial charge in [-0.1, -0.05) is 38.1 Å². The first-order valence-corrected chi connectivity index (χ1v) is 7.09. The lowest BCUT2D eigenvalue weighted by molar-refractivity contribution is -0.134. The fourth-order valence-electron chi connectivity index (χ4n) is 2.77. The fraction of sp³-hybridized carbons (Fsp3) is 0.500. The van der Waals surface area contributed by atoms with Crippen molar-refractivity contribution in [2.45, 2.75) is 51.4 Å². The Labute approximate surface area is 114 Å². The van der Waals surface area contributed by atoms with Crippen molar-refractivity contribution in [3.8, 4) is 0 Å². The normalized spacial score (nSPS) is 19.6. The summed E-state index contributed by atoms with van der Waals surface area (Å²) < 4.78 is 0. The van der Waals surface area contributed by atoms with E-state index in [1.807, 2.05) is 12.1 Å². The van der Waals surface area contributed by atoms with Crippen LogP contribution in [-0.2, 0) is 9.59 Å². The van der Waals surface area contributed by atoms with Crippen molar-refractivity contribution in [1.29, 1.82) is 0 Å². The number of nitrogens with one attached hydrogen (secondary N) is 1. The van der Waals surface area contributed by atoms with Crippen LogP contribution in [0.2, 0.25) is 0 Å². The number of amides is 2. The first-order valence-electron chi connectivity index (χ1n) is 7.09. The molecule has 1 heterocycles. The number of carbonyl (C=O) groups is 2. The number of hydrogen-bond acceptors (Lipinski definition) is 2. The van der Waals surface area contributed by atoms with E-state index in [0.29, 0.717) is 18.8 Å². The highest BCUT2D eigenvalue weighted by atomic mass is 16.2. The molecule has 0 spiro atoms. The summed E-state index contributed by atoms with van der Waals surface area (Å²) in [4.78, 5) is 22.9. The van der Waals surface area contributed by atoms with Crippen LogP contribution < -0.4 is 5.32 Å². The van der Waals surface area contributed by atoms with Gasteiger partial charge in [0.1, 0.15) is 0 Å². The average Bonchev–Trinajstić information content (AvgIpc) is 2.41. The van der Waals surface area contributed by atoms with Gasteiger partial charge in [-0.15, -0.1) is 0 Å². The van der Waals surface area contributed by atoms with Crippen LogP contribution in [0, 0.1) is 0 Å². The van der Waals surface area contributed by atoms with Crippen molar-refractivity contribution >= 4 is 11.8 Å². The summed E-state index contributed by atoms with van der Waals surface area (Å²) in [7, 11) is 0. The van der Waals surface area contributed by atoms with Crippen LogP contribution in [0.5, 0.6) is 0 Å². The Hall–Kier alpha value is -1.64. The molecule has 1 atom stereocenters. The van der Waals surface area contributed by atoms with Crippen LogP contribution in [0.15, 0.2) is 24.3 Å². The third-order valence-corrected chi connectivity index (χ3v) is 4.04. The summed E-state index contributed by atoms with van der Waals surface area (Å²) in [6.45, 7) is 4.39. The molecule has 1 saturated heterocycles. The summed E-state index contributed by atoms with van der Waals surface area (Å²) in [5.74, 6) is 0.102. The Bertz CT molecular complexity index is 460. The van der Waals surface area contributed by atoms with Crippen LogP contribution in [0.4, 0.5) is 0 Å². The number of imide groups is 1. The number of rotatable bonds is 4. The smallest absolute Gasteiger partial charge is 0.234 e. The fourth-order valence-corrected chi connectivity index (χ4v) is 2.77. The van der Waals surface area contributed by atoms with Crippen LogP contribution in [0.25, 0.3) is 0 Å². The highest BCUT2D eigenvalue weighted by Gasteiger charge is 2.27. The zero-order chi connectivity index (χ0) is 13.8. The van der Waals surface area contributed by atoms with Gasteiger partial charge in [-0.3, -0.25) is 14.9 Å². The summed E-state index contributed by atoms with van der Waals surface area (Å²) in [5, 5.41) is 2.41. The maximum atomic E-state index is 11.8. The van der Waals surface area contributed by atoms with Crippen molar-refractivity contribution in [3.63, 3.8) is 0 Å². The SMILES string of the molecule is CCC(CC)c1ccc(C2CCC(=O)NC2=O)cc1. The molecule has 1 unspecified atom stereocenters. The molecule has 0 aliphatic carbocycles. The molecule has 1 aromatic rings. The molecule has 0 aromatic heterocycles. The van der Waals surface area contributed by atoms with Crippen molar-refractivity contribution < 1.29 is 9.59 Å². The molecule has 0 bridgehead atoms. The predicted molar refractivity (Wildman–Crippen MR) is 74.9 cm³/mol. The van der Waals surface area contributed by atoms with Crippen LogP contribution in [-0.4, -0.2) is 11.8 Å². The minimum absolute atomic E-state index is 0.157. The molecular weight excluding hydrogens is 238 g/mol. The predicted octanol–water partition coefficient (Wildman–Crippen LogP) is 3.11. The topological polar surface area (TPSA) is 46.2 Å². The molecule has 1 aliphatic rings. The lowest BCUT2D eigenvalue weighted by Crippen LogP contribution is -2.39. The van der Waals surface area contributed by atoms with Gasteiger partial charge >= 0.3 is 0 Å². The van der Waals surface area contributed by atoms with E-state index in [1.54, 1.807) is 0 Å². The zero-order valence-electron chi connectivity index (χ0n) is 11.6. The van der Waals surface area contributed by atoms with Gasteiger partial charge < -0.3 is 0 Å². The monoisotopic (exact) mass is 259 g/mol. The van der Waals surface area contributed by atoms with Gasteiger partial charge in [-0.05, 0) is 36.3 Å². The standard InChI is InChI=1S/C16H21NO2/c1-3-11(4-2)12-5-7-13(8-6-12)14-9-10-15(18)17-16(14)19/h5-8,11,14H,3-4,9-10H2,1-2H3,(H,17,18,19). The number of hydrogen-bond donors (Lipinski definition) is 1. The first-order chi connectivity index (χ1) is 9.15. The van der Waals surface area contributed by atoms with E-state index in [0.717, 1.165) is 18.4 Å². The Balaban J connectivity index is 2.14. The Morgan fingerprint density at radius 1 is 1.16 bits per heavy atom. The number of carbonyl (C=O) groups excluding carboxylic acids is 2. The first kappa shape index (κ1) is 13.8. The summed E-state index contributed by atoms with van der Waals surface area (Å²) in [5.41, 5.74) is 2.35. The molecule has 2 rings (SSSR count). The number of benzene rings is 1. The van der Waals surface area contributed by atoms with Crippen LogP contribution in [0.1, 0.15) is 62.5 Å². The van der Waals surface area contributed by atoms with Gasteiger partial charge in [-0.25, -0.2) is 0 Å². The summed E-state index contributed by atoms with van der Waals surface area (Å²) in [6, 6.07) is 8.31. The van der Waals surface area contributed by atoms with E-state index in [2.05, 4.69) is 31.3 Å². The van der Waals surface area contributed by atoms with E-state index in [-0.39, 0.29) is 17.7 Å². The molecule has 1 aromatic carbocycles.